The van der Waals surface area contributed by atoms with Gasteiger partial charge in [0, 0.05) is 24.5 Å². The fourth-order valence-corrected chi connectivity index (χ4v) is 3.84. The van der Waals surface area contributed by atoms with Gasteiger partial charge in [-0.1, -0.05) is 0 Å². The molecule has 2 aromatic rings. The molecule has 1 aliphatic heterocycles. The average molecular weight is 374 g/mol. The van der Waals surface area contributed by atoms with Crippen molar-refractivity contribution in [2.75, 3.05) is 24.2 Å². The van der Waals surface area contributed by atoms with Crippen LogP contribution in [0.25, 0.3) is 10.9 Å². The Labute approximate surface area is 143 Å². The summed E-state index contributed by atoms with van der Waals surface area (Å²) in [5.74, 6) is 0.385. The molecule has 1 fully saturated rings. The molecule has 0 bridgehead atoms. The summed E-state index contributed by atoms with van der Waals surface area (Å²) in [6, 6.07) is 3.04. The first-order valence-corrected chi connectivity index (χ1v) is 9.57. The summed E-state index contributed by atoms with van der Waals surface area (Å²) in [5, 5.41) is 0.303. The van der Waals surface area contributed by atoms with Crippen LogP contribution in [0.15, 0.2) is 24.5 Å². The number of anilines is 1. The predicted octanol–water partition coefficient (Wildman–Crippen LogP) is 2.17. The van der Waals surface area contributed by atoms with Gasteiger partial charge in [-0.05, 0) is 31.0 Å². The van der Waals surface area contributed by atoms with Crippen molar-refractivity contribution in [3.8, 4) is 0 Å². The van der Waals surface area contributed by atoms with Crippen molar-refractivity contribution < 1.29 is 21.6 Å². The monoisotopic (exact) mass is 374 g/mol. The van der Waals surface area contributed by atoms with Gasteiger partial charge in [-0.2, -0.15) is 13.2 Å². The van der Waals surface area contributed by atoms with Crippen molar-refractivity contribution in [3.05, 3.63) is 30.1 Å². The number of benzene rings is 1. The van der Waals surface area contributed by atoms with Crippen molar-refractivity contribution in [2.24, 2.45) is 0 Å². The van der Waals surface area contributed by atoms with E-state index >= 15 is 0 Å². The standard InChI is InChI=1S/C15H17F3N4O2S/c1-25(23,24)21-11-3-2-6-22(8-11)14-12-7-10(15(16,17)18)4-5-13(12)19-9-20-14/h4-5,7,9,11,21H,2-3,6,8H2,1H3. The molecular weight excluding hydrogens is 357 g/mol. The predicted molar refractivity (Wildman–Crippen MR) is 87.8 cm³/mol. The first-order chi connectivity index (χ1) is 11.6. The number of nitrogens with zero attached hydrogens (tertiary/aromatic N) is 3. The molecule has 0 radical (unpaired) electrons. The first-order valence-electron chi connectivity index (χ1n) is 7.68. The highest BCUT2D eigenvalue weighted by Crippen LogP contribution is 2.33. The zero-order valence-electron chi connectivity index (χ0n) is 13.4. The SMILES string of the molecule is CS(=O)(=O)NC1CCCN(c2ncnc3ccc(C(F)(F)F)cc23)C1. The van der Waals surface area contributed by atoms with E-state index in [4.69, 9.17) is 0 Å². The van der Waals surface area contributed by atoms with Crippen molar-refractivity contribution in [3.63, 3.8) is 0 Å². The number of fused-ring (bicyclic) bond motifs is 1. The van der Waals surface area contributed by atoms with Crippen LogP contribution in [0.4, 0.5) is 19.0 Å². The van der Waals surface area contributed by atoms with E-state index in [1.807, 2.05) is 0 Å². The van der Waals surface area contributed by atoms with E-state index in [0.717, 1.165) is 18.4 Å². The Morgan fingerprint density at radius 3 is 2.72 bits per heavy atom. The Hall–Kier alpha value is -1.94. The van der Waals surface area contributed by atoms with Crippen LogP contribution in [0, 0.1) is 0 Å². The van der Waals surface area contributed by atoms with Crippen LogP contribution in [-0.2, 0) is 16.2 Å². The second-order valence-corrected chi connectivity index (χ2v) is 7.88. The third kappa shape index (κ3) is 4.18. The molecule has 136 valence electrons. The van der Waals surface area contributed by atoms with Crippen LogP contribution in [0.3, 0.4) is 0 Å². The highest BCUT2D eigenvalue weighted by molar-refractivity contribution is 7.88. The molecule has 0 amide bonds. The Balaban J connectivity index is 1.97. The molecule has 1 atom stereocenters. The molecular formula is C15H17F3N4O2S. The van der Waals surface area contributed by atoms with E-state index in [1.165, 1.54) is 12.4 Å². The number of alkyl halides is 3. The number of aromatic nitrogens is 2. The summed E-state index contributed by atoms with van der Waals surface area (Å²) in [7, 11) is -3.36. The summed E-state index contributed by atoms with van der Waals surface area (Å²) in [6.07, 6.45) is -0.693. The van der Waals surface area contributed by atoms with Gasteiger partial charge in [0.1, 0.15) is 12.1 Å². The number of rotatable bonds is 3. The molecule has 10 heteroatoms. The molecule has 0 spiro atoms. The smallest absolute Gasteiger partial charge is 0.354 e. The fraction of sp³-hybridized carbons (Fsp3) is 0.467. The summed E-state index contributed by atoms with van der Waals surface area (Å²) < 4.78 is 64.4. The number of nitrogens with one attached hydrogen (secondary N) is 1. The van der Waals surface area contributed by atoms with Gasteiger partial charge in [0.15, 0.2) is 0 Å². The van der Waals surface area contributed by atoms with E-state index in [0.29, 0.717) is 42.7 Å². The molecule has 1 aliphatic rings. The van der Waals surface area contributed by atoms with Crippen LogP contribution < -0.4 is 9.62 Å². The molecule has 1 unspecified atom stereocenters. The Morgan fingerprint density at radius 2 is 2.04 bits per heavy atom. The second kappa shape index (κ2) is 6.41. The zero-order chi connectivity index (χ0) is 18.2. The molecule has 6 nitrogen and oxygen atoms in total. The van der Waals surface area contributed by atoms with Gasteiger partial charge in [0.05, 0.1) is 17.3 Å². The average Bonchev–Trinajstić information content (AvgIpc) is 2.51. The number of hydrogen-bond acceptors (Lipinski definition) is 5. The topological polar surface area (TPSA) is 75.2 Å². The molecule has 0 saturated carbocycles. The van der Waals surface area contributed by atoms with E-state index in [2.05, 4.69) is 14.7 Å². The summed E-state index contributed by atoms with van der Waals surface area (Å²) in [6.45, 7) is 0.930. The lowest BCUT2D eigenvalue weighted by atomic mass is 10.1. The molecule has 1 saturated heterocycles. The third-order valence-electron chi connectivity index (χ3n) is 4.04. The molecule has 1 N–H and O–H groups in total. The number of sulfonamides is 1. The second-order valence-electron chi connectivity index (χ2n) is 6.10. The van der Waals surface area contributed by atoms with Crippen molar-refractivity contribution in [1.29, 1.82) is 0 Å². The Morgan fingerprint density at radius 1 is 1.28 bits per heavy atom. The summed E-state index contributed by atoms with van der Waals surface area (Å²) in [4.78, 5) is 9.98. The van der Waals surface area contributed by atoms with E-state index in [1.54, 1.807) is 4.90 Å². The fourth-order valence-electron chi connectivity index (χ4n) is 3.04. The van der Waals surface area contributed by atoms with Gasteiger partial charge in [-0.3, -0.25) is 0 Å². The lowest BCUT2D eigenvalue weighted by molar-refractivity contribution is -0.137. The van der Waals surface area contributed by atoms with Gasteiger partial charge < -0.3 is 4.90 Å². The number of halogens is 3. The highest BCUT2D eigenvalue weighted by atomic mass is 32.2. The third-order valence-corrected chi connectivity index (χ3v) is 4.80. The van der Waals surface area contributed by atoms with Gasteiger partial charge in [0.2, 0.25) is 10.0 Å². The molecule has 2 heterocycles. The maximum atomic E-state index is 13.0. The Kier molecular flexibility index (Phi) is 4.58. The van der Waals surface area contributed by atoms with Crippen molar-refractivity contribution in [2.45, 2.75) is 25.1 Å². The van der Waals surface area contributed by atoms with E-state index in [-0.39, 0.29) is 6.04 Å². The number of hydrogen-bond donors (Lipinski definition) is 1. The van der Waals surface area contributed by atoms with Crippen LogP contribution in [0.1, 0.15) is 18.4 Å². The normalized spacial score (nSPS) is 19.4. The largest absolute Gasteiger partial charge is 0.416 e. The Bertz CT molecular complexity index is 886. The van der Waals surface area contributed by atoms with Crippen LogP contribution in [0.5, 0.6) is 0 Å². The van der Waals surface area contributed by atoms with Crippen LogP contribution in [-0.4, -0.2) is 43.8 Å². The molecule has 3 rings (SSSR count). The van der Waals surface area contributed by atoms with Crippen LogP contribution >= 0.6 is 0 Å². The minimum absolute atomic E-state index is 0.303. The number of piperidine rings is 1. The molecule has 25 heavy (non-hydrogen) atoms. The first kappa shape index (κ1) is 17.9. The minimum Gasteiger partial charge on any atom is -0.354 e. The maximum Gasteiger partial charge on any atom is 0.416 e. The van der Waals surface area contributed by atoms with Gasteiger partial charge in [0.25, 0.3) is 0 Å². The lowest BCUT2D eigenvalue weighted by Gasteiger charge is -2.34. The van der Waals surface area contributed by atoms with E-state index in [9.17, 15) is 21.6 Å². The van der Waals surface area contributed by atoms with Crippen LogP contribution in [0.2, 0.25) is 0 Å². The molecule has 1 aromatic heterocycles. The maximum absolute atomic E-state index is 13.0. The summed E-state index contributed by atoms with van der Waals surface area (Å²) in [5.41, 5.74) is -0.352. The minimum atomic E-state index is -4.45. The van der Waals surface area contributed by atoms with Gasteiger partial charge in [-0.15, -0.1) is 0 Å². The van der Waals surface area contributed by atoms with E-state index < -0.39 is 21.8 Å². The molecule has 0 aliphatic carbocycles. The summed E-state index contributed by atoms with van der Waals surface area (Å²) >= 11 is 0. The highest BCUT2D eigenvalue weighted by Gasteiger charge is 2.31. The zero-order valence-corrected chi connectivity index (χ0v) is 14.2. The van der Waals surface area contributed by atoms with Gasteiger partial charge >= 0.3 is 6.18 Å². The van der Waals surface area contributed by atoms with Crippen molar-refractivity contribution >= 4 is 26.7 Å². The lowest BCUT2D eigenvalue weighted by Crippen LogP contribution is -2.47. The van der Waals surface area contributed by atoms with Gasteiger partial charge in [-0.25, -0.2) is 23.1 Å². The van der Waals surface area contributed by atoms with Crippen molar-refractivity contribution in [1.82, 2.24) is 14.7 Å². The molecule has 1 aromatic carbocycles. The quantitative estimate of drug-likeness (QED) is 0.891.